The van der Waals surface area contributed by atoms with E-state index in [9.17, 15) is 9.59 Å². The van der Waals surface area contributed by atoms with Crippen LogP contribution in [0.2, 0.25) is 18.1 Å². The van der Waals surface area contributed by atoms with E-state index in [2.05, 4.69) is 36.7 Å². The van der Waals surface area contributed by atoms with Crippen molar-refractivity contribution in [2.45, 2.75) is 51.0 Å². The van der Waals surface area contributed by atoms with Crippen LogP contribution in [0.5, 0.6) is 0 Å². The number of likely N-dealkylation sites (tertiary alicyclic amines) is 1. The smallest absolute Gasteiger partial charge is 0.261 e. The predicted octanol–water partition coefficient (Wildman–Crippen LogP) is 5.56. The van der Waals surface area contributed by atoms with Crippen LogP contribution in [0.3, 0.4) is 0 Å². The maximum absolute atomic E-state index is 13.1. The number of carbonyl (C=O) groups is 2. The van der Waals surface area contributed by atoms with Crippen molar-refractivity contribution in [1.82, 2.24) is 4.90 Å². The summed E-state index contributed by atoms with van der Waals surface area (Å²) in [5, 5.41) is 0. The van der Waals surface area contributed by atoms with Gasteiger partial charge < -0.3 is 4.43 Å². The first-order chi connectivity index (χ1) is 13.5. The molecule has 1 aliphatic heterocycles. The molecule has 1 saturated heterocycles. The average Bonchev–Trinajstić information content (AvgIpc) is 2.73. The van der Waals surface area contributed by atoms with Crippen LogP contribution in [-0.4, -0.2) is 31.1 Å². The fourth-order valence-electron chi connectivity index (χ4n) is 3.81. The zero-order valence-corrected chi connectivity index (χ0v) is 19.1. The first-order valence-corrected chi connectivity index (χ1v) is 13.1. The third-order valence-electron chi connectivity index (χ3n) is 5.79. The van der Waals surface area contributed by atoms with Gasteiger partial charge in [-0.1, -0.05) is 67.0 Å². The summed E-state index contributed by atoms with van der Waals surface area (Å²) in [5.74, 6) is -0.502. The molecule has 4 nitrogen and oxygen atoms in total. The van der Waals surface area contributed by atoms with Gasteiger partial charge in [0.1, 0.15) is 0 Å². The second-order valence-corrected chi connectivity index (χ2v) is 12.8. The fraction of sp³-hybridized carbons (Fsp3) is 0.364. The first kappa shape index (κ1) is 21.0. The third kappa shape index (κ3) is 3.86. The van der Waals surface area contributed by atoms with Gasteiger partial charge in [-0.15, -0.1) is 0 Å². The second kappa shape index (κ2) is 8.72. The molecule has 2 amide bonds. The average molecular weight is 460 g/mol. The van der Waals surface area contributed by atoms with Gasteiger partial charge in [-0.3, -0.25) is 14.5 Å². The largest absolute Gasteiger partial charge is 0.403 e. The van der Waals surface area contributed by atoms with Gasteiger partial charge in [-0.05, 0) is 48.0 Å². The minimum absolute atomic E-state index is 0.231. The van der Waals surface area contributed by atoms with E-state index in [1.54, 1.807) is 12.1 Å². The van der Waals surface area contributed by atoms with Crippen LogP contribution in [0.4, 0.5) is 0 Å². The summed E-state index contributed by atoms with van der Waals surface area (Å²) in [6.45, 7) is 6.43. The van der Waals surface area contributed by atoms with Gasteiger partial charge in [-0.2, -0.15) is 0 Å². The molecule has 28 heavy (non-hydrogen) atoms. The number of hydrogen-bond acceptors (Lipinski definition) is 3. The SMILES string of the molecule is CC[Si](CC)(CC)OC1C(=O)N(C(=O)c2ccccc2)C1c1cccc(Br)c1. The number of benzene rings is 2. The quantitative estimate of drug-likeness (QED) is 0.309. The van der Waals surface area contributed by atoms with Gasteiger partial charge in [-0.25, -0.2) is 0 Å². The first-order valence-electron chi connectivity index (χ1n) is 9.82. The van der Waals surface area contributed by atoms with Crippen LogP contribution >= 0.6 is 15.9 Å². The Morgan fingerprint density at radius 1 is 1.04 bits per heavy atom. The fourth-order valence-corrected chi connectivity index (χ4v) is 6.99. The Morgan fingerprint density at radius 3 is 2.25 bits per heavy atom. The van der Waals surface area contributed by atoms with Crippen LogP contribution in [0, 0.1) is 0 Å². The Labute approximate surface area is 176 Å². The number of imide groups is 1. The molecule has 1 heterocycles. The lowest BCUT2D eigenvalue weighted by Gasteiger charge is -2.48. The van der Waals surface area contributed by atoms with Gasteiger partial charge in [0.2, 0.25) is 0 Å². The zero-order valence-electron chi connectivity index (χ0n) is 16.5. The predicted molar refractivity (Wildman–Crippen MR) is 117 cm³/mol. The molecule has 0 spiro atoms. The third-order valence-corrected chi connectivity index (χ3v) is 10.9. The Balaban J connectivity index is 1.97. The minimum atomic E-state index is -1.99. The molecule has 0 N–H and O–H groups in total. The number of β-lactam (4-membered cyclic amide) rings is 1. The summed E-state index contributed by atoms with van der Waals surface area (Å²) in [5.41, 5.74) is 1.42. The van der Waals surface area contributed by atoms with Gasteiger partial charge in [0.05, 0.1) is 6.04 Å². The van der Waals surface area contributed by atoms with E-state index in [1.807, 2.05) is 42.5 Å². The summed E-state index contributed by atoms with van der Waals surface area (Å²) in [6, 6.07) is 19.2. The van der Waals surface area contributed by atoms with Crippen LogP contribution in [0.25, 0.3) is 0 Å². The molecule has 2 aromatic carbocycles. The van der Waals surface area contributed by atoms with Gasteiger partial charge in [0.15, 0.2) is 14.4 Å². The van der Waals surface area contributed by atoms with E-state index in [-0.39, 0.29) is 11.8 Å². The number of carbonyl (C=O) groups excluding carboxylic acids is 2. The van der Waals surface area contributed by atoms with E-state index >= 15 is 0 Å². The molecule has 2 unspecified atom stereocenters. The van der Waals surface area contributed by atoms with E-state index in [0.29, 0.717) is 5.56 Å². The van der Waals surface area contributed by atoms with Crippen molar-refractivity contribution < 1.29 is 14.0 Å². The van der Waals surface area contributed by atoms with Crippen LogP contribution < -0.4 is 0 Å². The van der Waals surface area contributed by atoms with E-state index < -0.39 is 20.5 Å². The molecule has 148 valence electrons. The minimum Gasteiger partial charge on any atom is -0.403 e. The molecule has 3 rings (SSSR count). The Hall–Kier alpha value is -1.76. The van der Waals surface area contributed by atoms with E-state index in [4.69, 9.17) is 4.43 Å². The molecule has 2 aromatic rings. The summed E-state index contributed by atoms with van der Waals surface area (Å²) in [6.07, 6.45) is -0.589. The van der Waals surface area contributed by atoms with Gasteiger partial charge in [0, 0.05) is 10.0 Å². The molecule has 0 saturated carbocycles. The number of halogens is 1. The highest BCUT2D eigenvalue weighted by Gasteiger charge is 2.54. The molecule has 0 aromatic heterocycles. The summed E-state index contributed by atoms with van der Waals surface area (Å²) < 4.78 is 7.45. The van der Waals surface area contributed by atoms with Crippen molar-refractivity contribution in [2.24, 2.45) is 0 Å². The molecule has 1 aliphatic rings. The highest BCUT2D eigenvalue weighted by Crippen LogP contribution is 2.41. The Kier molecular flexibility index (Phi) is 6.53. The van der Waals surface area contributed by atoms with Gasteiger partial charge >= 0.3 is 0 Å². The highest BCUT2D eigenvalue weighted by atomic mass is 79.9. The van der Waals surface area contributed by atoms with Crippen molar-refractivity contribution >= 4 is 36.1 Å². The molecular weight excluding hydrogens is 434 g/mol. The van der Waals surface area contributed by atoms with Crippen molar-refractivity contribution in [3.63, 3.8) is 0 Å². The Bertz CT molecular complexity index is 846. The topological polar surface area (TPSA) is 46.6 Å². The lowest BCUT2D eigenvalue weighted by Crippen LogP contribution is -2.64. The Morgan fingerprint density at radius 2 is 1.68 bits per heavy atom. The number of rotatable bonds is 7. The van der Waals surface area contributed by atoms with Crippen molar-refractivity contribution in [2.75, 3.05) is 0 Å². The van der Waals surface area contributed by atoms with Crippen LogP contribution in [-0.2, 0) is 9.22 Å². The maximum atomic E-state index is 13.1. The number of amides is 2. The summed E-state index contributed by atoms with van der Waals surface area (Å²) in [4.78, 5) is 27.5. The molecule has 0 bridgehead atoms. The highest BCUT2D eigenvalue weighted by molar-refractivity contribution is 9.10. The lowest BCUT2D eigenvalue weighted by molar-refractivity contribution is -0.158. The molecule has 0 radical (unpaired) electrons. The van der Waals surface area contributed by atoms with Crippen LogP contribution in [0.1, 0.15) is 42.7 Å². The van der Waals surface area contributed by atoms with Crippen molar-refractivity contribution in [3.05, 3.63) is 70.2 Å². The normalized spacial score (nSPS) is 19.4. The number of hydrogen-bond donors (Lipinski definition) is 0. The molecule has 0 aliphatic carbocycles. The number of nitrogens with zero attached hydrogens (tertiary/aromatic N) is 1. The lowest BCUT2D eigenvalue weighted by atomic mass is 9.90. The standard InChI is InChI=1S/C22H26BrNO3Si/c1-4-28(5-2,6-3)27-20-19(17-13-10-14-18(23)15-17)24(22(20)26)21(25)16-11-8-7-9-12-16/h7-15,19-20H,4-6H2,1-3H3. The van der Waals surface area contributed by atoms with Crippen molar-refractivity contribution in [3.8, 4) is 0 Å². The molecule has 1 fully saturated rings. The van der Waals surface area contributed by atoms with Crippen molar-refractivity contribution in [1.29, 1.82) is 0 Å². The monoisotopic (exact) mass is 459 g/mol. The van der Waals surface area contributed by atoms with Gasteiger partial charge in [0.25, 0.3) is 11.8 Å². The maximum Gasteiger partial charge on any atom is 0.261 e. The van der Waals surface area contributed by atoms with Crippen LogP contribution in [0.15, 0.2) is 59.1 Å². The summed E-state index contributed by atoms with van der Waals surface area (Å²) >= 11 is 3.50. The van der Waals surface area contributed by atoms with E-state index in [0.717, 1.165) is 28.2 Å². The van der Waals surface area contributed by atoms with E-state index in [1.165, 1.54) is 4.90 Å². The second-order valence-electron chi connectivity index (χ2n) is 7.16. The molecule has 2 atom stereocenters. The molecular formula is C22H26BrNO3Si. The summed E-state index contributed by atoms with van der Waals surface area (Å²) in [7, 11) is -1.99. The molecule has 6 heteroatoms. The zero-order chi connectivity index (χ0) is 20.3.